The maximum atomic E-state index is 10.1. The highest BCUT2D eigenvalue weighted by Crippen LogP contribution is 2.25. The lowest BCUT2D eigenvalue weighted by molar-refractivity contribution is -0.384. The molecular formula is C7H10NO7P. The van der Waals surface area contributed by atoms with Crippen molar-refractivity contribution in [2.45, 2.75) is 6.61 Å². The largest absolute Gasteiger partial charge is 0.466 e. The summed E-state index contributed by atoms with van der Waals surface area (Å²) >= 11 is 0. The Labute approximate surface area is 90.2 Å². The second-order valence-electron chi connectivity index (χ2n) is 2.59. The van der Waals surface area contributed by atoms with Gasteiger partial charge in [0.05, 0.1) is 11.5 Å². The molecule has 0 bridgehead atoms. The lowest BCUT2D eigenvalue weighted by Crippen LogP contribution is -1.88. The van der Waals surface area contributed by atoms with Gasteiger partial charge in [-0.3, -0.25) is 10.1 Å². The van der Waals surface area contributed by atoms with Crippen LogP contribution in [0.25, 0.3) is 0 Å². The van der Waals surface area contributed by atoms with Crippen LogP contribution < -0.4 is 0 Å². The minimum atomic E-state index is -4.64. The molecule has 1 rings (SSSR count). The summed E-state index contributed by atoms with van der Waals surface area (Å²) in [5.41, 5.74) is 0.720. The standard InChI is InChI=1S/C7H7NO3.H3O4P/c9-5-6-1-3-7(4-2-6)8(10)11;1-5(2,3)4/h1-4,9H,5H2;(H3,1,2,3,4). The molecular weight excluding hydrogens is 241 g/mol. The Morgan fingerprint density at radius 3 is 1.81 bits per heavy atom. The van der Waals surface area contributed by atoms with Crippen molar-refractivity contribution in [2.24, 2.45) is 0 Å². The summed E-state index contributed by atoms with van der Waals surface area (Å²) in [6.45, 7) is -0.0853. The van der Waals surface area contributed by atoms with Crippen molar-refractivity contribution in [1.82, 2.24) is 0 Å². The zero-order valence-electron chi connectivity index (χ0n) is 7.92. The fraction of sp³-hybridized carbons (Fsp3) is 0.143. The quantitative estimate of drug-likeness (QED) is 0.333. The van der Waals surface area contributed by atoms with E-state index in [9.17, 15) is 10.1 Å². The van der Waals surface area contributed by atoms with Crippen LogP contribution in [0.15, 0.2) is 24.3 Å². The van der Waals surface area contributed by atoms with Crippen LogP contribution in [-0.4, -0.2) is 24.7 Å². The first-order valence-electron chi connectivity index (χ1n) is 3.86. The summed E-state index contributed by atoms with van der Waals surface area (Å²) < 4.78 is 8.88. The Hall–Kier alpha value is -1.31. The third kappa shape index (κ3) is 8.04. The summed E-state index contributed by atoms with van der Waals surface area (Å²) in [6, 6.07) is 5.79. The number of nitrogens with zero attached hydrogens (tertiary/aromatic N) is 1. The molecule has 0 saturated heterocycles. The van der Waals surface area contributed by atoms with E-state index in [4.69, 9.17) is 24.4 Å². The van der Waals surface area contributed by atoms with Gasteiger partial charge in [0.15, 0.2) is 0 Å². The van der Waals surface area contributed by atoms with Gasteiger partial charge in [0.25, 0.3) is 5.69 Å². The third-order valence-corrected chi connectivity index (χ3v) is 1.33. The summed E-state index contributed by atoms with van der Waals surface area (Å²) in [5.74, 6) is 0. The Balaban J connectivity index is 0.000000385. The van der Waals surface area contributed by atoms with Gasteiger partial charge in [-0.05, 0) is 17.7 Å². The van der Waals surface area contributed by atoms with Gasteiger partial charge >= 0.3 is 7.82 Å². The van der Waals surface area contributed by atoms with E-state index < -0.39 is 12.7 Å². The molecule has 0 aliphatic heterocycles. The highest BCUT2D eigenvalue weighted by molar-refractivity contribution is 7.45. The first-order chi connectivity index (χ1) is 7.24. The smallest absolute Gasteiger partial charge is 0.392 e. The number of nitro groups is 1. The van der Waals surface area contributed by atoms with Crippen molar-refractivity contribution in [2.75, 3.05) is 0 Å². The Morgan fingerprint density at radius 1 is 1.19 bits per heavy atom. The van der Waals surface area contributed by atoms with Crippen molar-refractivity contribution in [1.29, 1.82) is 0 Å². The minimum absolute atomic E-state index is 0.0437. The summed E-state index contributed by atoms with van der Waals surface area (Å²) in [5, 5.41) is 18.7. The molecule has 16 heavy (non-hydrogen) atoms. The molecule has 0 fully saturated rings. The SMILES string of the molecule is O=P(O)(O)O.O=[N+]([O-])c1ccc(CO)cc1. The summed E-state index contributed by atoms with van der Waals surface area (Å²) in [4.78, 5) is 31.2. The van der Waals surface area contributed by atoms with Crippen LogP contribution in [0.3, 0.4) is 0 Å². The monoisotopic (exact) mass is 251 g/mol. The highest BCUT2D eigenvalue weighted by atomic mass is 31.2. The number of rotatable bonds is 2. The van der Waals surface area contributed by atoms with Crippen molar-refractivity contribution in [3.63, 3.8) is 0 Å². The average Bonchev–Trinajstić information content (AvgIpc) is 2.15. The predicted molar refractivity (Wildman–Crippen MR) is 53.3 cm³/mol. The van der Waals surface area contributed by atoms with E-state index in [2.05, 4.69) is 0 Å². The van der Waals surface area contributed by atoms with Crippen LogP contribution >= 0.6 is 7.82 Å². The molecule has 0 radical (unpaired) electrons. The molecule has 90 valence electrons. The lowest BCUT2D eigenvalue weighted by Gasteiger charge is -1.93. The molecule has 4 N–H and O–H groups in total. The molecule has 0 saturated carbocycles. The van der Waals surface area contributed by atoms with E-state index in [1.807, 2.05) is 0 Å². The van der Waals surface area contributed by atoms with Gasteiger partial charge in [-0.1, -0.05) is 0 Å². The third-order valence-electron chi connectivity index (χ3n) is 1.33. The van der Waals surface area contributed by atoms with Crippen molar-refractivity contribution in [3.05, 3.63) is 39.9 Å². The molecule has 8 nitrogen and oxygen atoms in total. The van der Waals surface area contributed by atoms with Gasteiger partial charge < -0.3 is 19.8 Å². The van der Waals surface area contributed by atoms with E-state index in [0.29, 0.717) is 5.56 Å². The molecule has 0 amide bonds. The van der Waals surface area contributed by atoms with Crippen LogP contribution in [0.2, 0.25) is 0 Å². The number of nitro benzene ring substituents is 1. The van der Waals surface area contributed by atoms with Crippen LogP contribution in [0.4, 0.5) is 5.69 Å². The molecule has 0 aliphatic rings. The Kier molecular flexibility index (Phi) is 5.79. The molecule has 1 aromatic rings. The van der Waals surface area contributed by atoms with Gasteiger partial charge in [0.2, 0.25) is 0 Å². The van der Waals surface area contributed by atoms with E-state index in [1.165, 1.54) is 24.3 Å². The topological polar surface area (TPSA) is 141 Å². The molecule has 0 atom stereocenters. The Bertz CT molecular complexity index is 376. The van der Waals surface area contributed by atoms with Crippen molar-refractivity contribution >= 4 is 13.5 Å². The fourth-order valence-corrected chi connectivity index (χ4v) is 0.723. The van der Waals surface area contributed by atoms with Crippen molar-refractivity contribution in [3.8, 4) is 0 Å². The molecule has 0 aliphatic carbocycles. The zero-order valence-corrected chi connectivity index (χ0v) is 8.82. The predicted octanol–water partition coefficient (Wildman–Crippen LogP) is 0.158. The molecule has 9 heteroatoms. The Morgan fingerprint density at radius 2 is 1.56 bits per heavy atom. The molecule has 0 heterocycles. The van der Waals surface area contributed by atoms with E-state index in [1.54, 1.807) is 0 Å². The van der Waals surface area contributed by atoms with E-state index >= 15 is 0 Å². The maximum Gasteiger partial charge on any atom is 0.466 e. The first kappa shape index (κ1) is 14.7. The molecule has 1 aromatic carbocycles. The van der Waals surface area contributed by atoms with Crippen LogP contribution in [0.5, 0.6) is 0 Å². The number of hydrogen-bond acceptors (Lipinski definition) is 4. The molecule has 0 unspecified atom stereocenters. The first-order valence-corrected chi connectivity index (χ1v) is 5.43. The van der Waals surface area contributed by atoms with Gasteiger partial charge in [0.1, 0.15) is 0 Å². The normalized spacial score (nSPS) is 10.2. The number of phosphoric acid groups is 1. The van der Waals surface area contributed by atoms with Gasteiger partial charge in [0, 0.05) is 12.1 Å². The number of aliphatic hydroxyl groups excluding tert-OH is 1. The maximum absolute atomic E-state index is 10.1. The highest BCUT2D eigenvalue weighted by Gasteiger charge is 2.02. The van der Waals surface area contributed by atoms with E-state index in [0.717, 1.165) is 0 Å². The number of aliphatic hydroxyl groups is 1. The number of hydrogen-bond donors (Lipinski definition) is 4. The second-order valence-corrected chi connectivity index (χ2v) is 3.62. The molecule has 0 aromatic heterocycles. The average molecular weight is 251 g/mol. The fourth-order valence-electron chi connectivity index (χ4n) is 0.723. The van der Waals surface area contributed by atoms with Crippen LogP contribution in [-0.2, 0) is 11.2 Å². The van der Waals surface area contributed by atoms with Crippen LogP contribution in [0.1, 0.15) is 5.56 Å². The number of non-ortho nitro benzene ring substituents is 1. The number of benzene rings is 1. The van der Waals surface area contributed by atoms with Gasteiger partial charge in [-0.15, -0.1) is 0 Å². The van der Waals surface area contributed by atoms with Crippen LogP contribution in [0, 0.1) is 10.1 Å². The summed E-state index contributed by atoms with van der Waals surface area (Å²) in [6.07, 6.45) is 0. The van der Waals surface area contributed by atoms with Crippen molar-refractivity contribution < 1.29 is 29.3 Å². The molecule has 0 spiro atoms. The summed E-state index contributed by atoms with van der Waals surface area (Å²) in [7, 11) is -4.64. The zero-order chi connectivity index (χ0) is 12.8. The van der Waals surface area contributed by atoms with Gasteiger partial charge in [-0.25, -0.2) is 4.57 Å². The lowest BCUT2D eigenvalue weighted by atomic mass is 10.2. The van der Waals surface area contributed by atoms with E-state index in [-0.39, 0.29) is 12.3 Å². The van der Waals surface area contributed by atoms with Gasteiger partial charge in [-0.2, -0.15) is 0 Å². The minimum Gasteiger partial charge on any atom is -0.392 e. The second kappa shape index (κ2) is 6.31.